The zero-order chi connectivity index (χ0) is 15.9. The van der Waals surface area contributed by atoms with Crippen LogP contribution in [0.4, 0.5) is 0 Å². The lowest BCUT2D eigenvalue weighted by Gasteiger charge is -2.47. The Morgan fingerprint density at radius 3 is 2.57 bits per heavy atom. The van der Waals surface area contributed by atoms with Gasteiger partial charge in [0.1, 0.15) is 0 Å². The number of guanidine groups is 1. The van der Waals surface area contributed by atoms with E-state index in [1.54, 1.807) is 0 Å². The molecule has 3 aliphatic heterocycles. The maximum absolute atomic E-state index is 4.81. The number of piperazine rings is 3. The Morgan fingerprint density at radius 2 is 1.91 bits per heavy atom. The molecule has 5 heteroatoms. The van der Waals surface area contributed by atoms with Crippen LogP contribution in [0.5, 0.6) is 0 Å². The minimum atomic E-state index is 0.585. The summed E-state index contributed by atoms with van der Waals surface area (Å²) in [5.41, 5.74) is 1.36. The number of hydrogen-bond acceptors (Lipinski definition) is 3. The molecule has 0 aliphatic carbocycles. The van der Waals surface area contributed by atoms with E-state index in [4.69, 9.17) is 4.99 Å². The van der Waals surface area contributed by atoms with Gasteiger partial charge in [0.05, 0.1) is 6.54 Å². The van der Waals surface area contributed by atoms with Gasteiger partial charge < -0.3 is 10.6 Å². The van der Waals surface area contributed by atoms with E-state index in [9.17, 15) is 0 Å². The lowest BCUT2D eigenvalue weighted by molar-refractivity contribution is 0.0174. The normalized spacial score (nSPS) is 27.0. The second kappa shape index (κ2) is 8.31. The summed E-state index contributed by atoms with van der Waals surface area (Å²) in [6, 6.07) is 11.2. The van der Waals surface area contributed by atoms with Gasteiger partial charge in [0.25, 0.3) is 0 Å². The van der Waals surface area contributed by atoms with Gasteiger partial charge in [-0.1, -0.05) is 30.3 Å². The predicted molar refractivity (Wildman–Crippen MR) is 95.9 cm³/mol. The number of aliphatic imine (C=N–C) groups is 1. The molecule has 3 fully saturated rings. The largest absolute Gasteiger partial charge is 0.357 e. The smallest absolute Gasteiger partial charge is 0.191 e. The van der Waals surface area contributed by atoms with Gasteiger partial charge in [-0.2, -0.15) is 0 Å². The van der Waals surface area contributed by atoms with Crippen LogP contribution < -0.4 is 10.6 Å². The highest BCUT2D eigenvalue weighted by Crippen LogP contribution is 2.15. The van der Waals surface area contributed by atoms with Crippen molar-refractivity contribution in [3.8, 4) is 0 Å². The monoisotopic (exact) mass is 315 g/mol. The topological polar surface area (TPSA) is 42.9 Å². The number of nitrogens with zero attached hydrogens (tertiary/aromatic N) is 3. The third-order valence-corrected chi connectivity index (χ3v) is 4.75. The van der Waals surface area contributed by atoms with E-state index in [2.05, 4.69) is 57.7 Å². The van der Waals surface area contributed by atoms with E-state index in [1.165, 1.54) is 38.3 Å². The highest BCUT2D eigenvalue weighted by Gasteiger charge is 2.31. The van der Waals surface area contributed by atoms with Crippen molar-refractivity contribution in [3.05, 3.63) is 35.9 Å². The molecule has 2 N–H and O–H groups in total. The van der Waals surface area contributed by atoms with Gasteiger partial charge in [0.2, 0.25) is 0 Å². The second-order valence-electron chi connectivity index (χ2n) is 6.37. The van der Waals surface area contributed by atoms with Crippen LogP contribution in [-0.2, 0) is 6.42 Å². The summed E-state index contributed by atoms with van der Waals surface area (Å²) in [5, 5.41) is 6.82. The molecule has 1 unspecified atom stereocenters. The molecule has 126 valence electrons. The average molecular weight is 315 g/mol. The van der Waals surface area contributed by atoms with Gasteiger partial charge in [-0.15, -0.1) is 0 Å². The van der Waals surface area contributed by atoms with Crippen LogP contribution in [-0.4, -0.2) is 74.2 Å². The number of fused-ring (bicyclic) bond motifs is 3. The SMILES string of the molecule is CCNC(=NCC1CN2CCN1CC2)NCCc1ccccc1. The summed E-state index contributed by atoms with van der Waals surface area (Å²) < 4.78 is 0. The summed E-state index contributed by atoms with van der Waals surface area (Å²) in [6.45, 7) is 10.9. The summed E-state index contributed by atoms with van der Waals surface area (Å²) in [6.07, 6.45) is 1.02. The van der Waals surface area contributed by atoms with Crippen molar-refractivity contribution in [1.29, 1.82) is 0 Å². The molecule has 0 radical (unpaired) electrons. The van der Waals surface area contributed by atoms with Crippen molar-refractivity contribution in [2.75, 3.05) is 52.4 Å². The van der Waals surface area contributed by atoms with Crippen molar-refractivity contribution in [3.63, 3.8) is 0 Å². The number of benzene rings is 1. The quantitative estimate of drug-likeness (QED) is 0.601. The van der Waals surface area contributed by atoms with E-state index >= 15 is 0 Å². The molecule has 3 aliphatic rings. The summed E-state index contributed by atoms with van der Waals surface area (Å²) >= 11 is 0. The fourth-order valence-corrected chi connectivity index (χ4v) is 3.41. The zero-order valence-electron chi connectivity index (χ0n) is 14.2. The number of nitrogens with one attached hydrogen (secondary N) is 2. The third kappa shape index (κ3) is 4.69. The van der Waals surface area contributed by atoms with E-state index < -0.39 is 0 Å². The fourth-order valence-electron chi connectivity index (χ4n) is 3.41. The van der Waals surface area contributed by atoms with Crippen molar-refractivity contribution in [2.24, 2.45) is 4.99 Å². The Morgan fingerprint density at radius 1 is 1.13 bits per heavy atom. The van der Waals surface area contributed by atoms with Crippen LogP contribution in [0.1, 0.15) is 12.5 Å². The molecule has 1 atom stereocenters. The lowest BCUT2D eigenvalue weighted by Crippen LogP contribution is -2.62. The van der Waals surface area contributed by atoms with Crippen molar-refractivity contribution >= 4 is 5.96 Å². The molecular weight excluding hydrogens is 286 g/mol. The summed E-state index contributed by atoms with van der Waals surface area (Å²) in [7, 11) is 0. The highest BCUT2D eigenvalue weighted by atomic mass is 15.3. The molecule has 0 amide bonds. The van der Waals surface area contributed by atoms with Gasteiger partial charge in [-0.05, 0) is 18.9 Å². The number of rotatable bonds is 6. The Labute approximate surface area is 139 Å². The first-order valence-corrected chi connectivity index (χ1v) is 8.87. The molecule has 3 heterocycles. The standard InChI is InChI=1S/C18H29N5/c1-2-19-18(20-9-8-16-6-4-3-5-7-16)21-14-17-15-22-10-12-23(17)13-11-22/h3-7,17H,2,8-15H2,1H3,(H2,19,20,21). The maximum Gasteiger partial charge on any atom is 0.191 e. The van der Waals surface area contributed by atoms with Crippen LogP contribution in [0.15, 0.2) is 35.3 Å². The summed E-state index contributed by atoms with van der Waals surface area (Å²) in [4.78, 5) is 9.97. The first kappa shape index (κ1) is 16.3. The van der Waals surface area contributed by atoms with E-state index in [0.29, 0.717) is 6.04 Å². The summed E-state index contributed by atoms with van der Waals surface area (Å²) in [5.74, 6) is 0.945. The third-order valence-electron chi connectivity index (χ3n) is 4.75. The van der Waals surface area contributed by atoms with Crippen LogP contribution in [0.2, 0.25) is 0 Å². The number of hydrogen-bond donors (Lipinski definition) is 2. The van der Waals surface area contributed by atoms with Crippen LogP contribution in [0.3, 0.4) is 0 Å². The molecule has 4 rings (SSSR count). The predicted octanol–water partition coefficient (Wildman–Crippen LogP) is 0.784. The molecule has 5 nitrogen and oxygen atoms in total. The van der Waals surface area contributed by atoms with Gasteiger partial charge in [0, 0.05) is 51.9 Å². The Balaban J connectivity index is 1.47. The van der Waals surface area contributed by atoms with Gasteiger partial charge in [-0.3, -0.25) is 14.8 Å². The fraction of sp³-hybridized carbons (Fsp3) is 0.611. The molecule has 3 saturated heterocycles. The lowest BCUT2D eigenvalue weighted by atomic mass is 10.1. The van der Waals surface area contributed by atoms with Crippen molar-refractivity contribution in [2.45, 2.75) is 19.4 Å². The minimum Gasteiger partial charge on any atom is -0.357 e. The molecule has 1 aromatic carbocycles. The van der Waals surface area contributed by atoms with Crippen molar-refractivity contribution in [1.82, 2.24) is 20.4 Å². The Bertz CT molecular complexity index is 493. The first-order chi connectivity index (χ1) is 11.3. The molecular formula is C18H29N5. The van der Waals surface area contributed by atoms with Crippen LogP contribution in [0.25, 0.3) is 0 Å². The molecule has 23 heavy (non-hydrogen) atoms. The first-order valence-electron chi connectivity index (χ1n) is 8.87. The Hall–Kier alpha value is -1.59. The average Bonchev–Trinajstić information content (AvgIpc) is 2.61. The van der Waals surface area contributed by atoms with Crippen molar-refractivity contribution < 1.29 is 0 Å². The van der Waals surface area contributed by atoms with Gasteiger partial charge >= 0.3 is 0 Å². The highest BCUT2D eigenvalue weighted by molar-refractivity contribution is 5.79. The minimum absolute atomic E-state index is 0.585. The molecule has 0 aromatic heterocycles. The van der Waals surface area contributed by atoms with Crippen LogP contribution >= 0.6 is 0 Å². The maximum atomic E-state index is 4.81. The zero-order valence-corrected chi connectivity index (χ0v) is 14.2. The molecule has 0 spiro atoms. The van der Waals surface area contributed by atoms with E-state index in [0.717, 1.165) is 32.0 Å². The van der Waals surface area contributed by atoms with Gasteiger partial charge in [-0.25, -0.2) is 0 Å². The van der Waals surface area contributed by atoms with Gasteiger partial charge in [0.15, 0.2) is 5.96 Å². The second-order valence-corrected chi connectivity index (χ2v) is 6.37. The molecule has 0 saturated carbocycles. The van der Waals surface area contributed by atoms with E-state index in [-0.39, 0.29) is 0 Å². The van der Waals surface area contributed by atoms with Crippen LogP contribution in [0, 0.1) is 0 Å². The molecule has 1 aromatic rings. The molecule has 2 bridgehead atoms. The van der Waals surface area contributed by atoms with E-state index in [1.807, 2.05) is 0 Å². The Kier molecular flexibility index (Phi) is 5.88.